The van der Waals surface area contributed by atoms with Gasteiger partial charge in [-0.15, -0.1) is 11.8 Å². The molecule has 2 unspecified atom stereocenters. The van der Waals surface area contributed by atoms with Crippen molar-refractivity contribution in [3.05, 3.63) is 60.2 Å². The minimum Gasteiger partial charge on any atom is -0.352 e. The normalized spacial score (nSPS) is 19.7. The second-order valence-corrected chi connectivity index (χ2v) is 9.58. The average molecular weight is 452 g/mol. The summed E-state index contributed by atoms with van der Waals surface area (Å²) in [5.41, 5.74) is 1.65. The lowest BCUT2D eigenvalue weighted by Crippen LogP contribution is -2.52. The molecule has 0 bridgehead atoms. The third kappa shape index (κ3) is 5.15. The first kappa shape index (κ1) is 22.4. The summed E-state index contributed by atoms with van der Waals surface area (Å²) < 4.78 is 0. The van der Waals surface area contributed by atoms with Crippen molar-refractivity contribution < 1.29 is 14.4 Å². The highest BCUT2D eigenvalue weighted by atomic mass is 32.2. The van der Waals surface area contributed by atoms with Crippen molar-refractivity contribution in [2.45, 2.75) is 61.3 Å². The van der Waals surface area contributed by atoms with Crippen LogP contribution in [0, 0.1) is 0 Å². The van der Waals surface area contributed by atoms with Gasteiger partial charge < -0.3 is 15.5 Å². The summed E-state index contributed by atoms with van der Waals surface area (Å²) in [6.45, 7) is 1.82. The Labute approximate surface area is 193 Å². The highest BCUT2D eigenvalue weighted by molar-refractivity contribution is 8.01. The monoisotopic (exact) mass is 451 g/mol. The Bertz CT molecular complexity index is 975. The van der Waals surface area contributed by atoms with Crippen LogP contribution in [0.4, 0.5) is 5.69 Å². The van der Waals surface area contributed by atoms with Crippen molar-refractivity contribution in [1.82, 2.24) is 10.6 Å². The van der Waals surface area contributed by atoms with Crippen LogP contribution >= 0.6 is 11.8 Å². The summed E-state index contributed by atoms with van der Waals surface area (Å²) in [6, 6.07) is 17.0. The number of para-hydroxylation sites is 1. The molecule has 7 heteroatoms. The fourth-order valence-electron chi connectivity index (χ4n) is 4.32. The number of rotatable bonds is 6. The van der Waals surface area contributed by atoms with Crippen LogP contribution < -0.4 is 15.5 Å². The standard InChI is InChI=1S/C25H29N3O3S/c1-17(18-10-4-2-5-11-18)26-24(30)23-25(31)28(20-14-8-9-15-21(20)32-23)16-22(29)27-19-12-6-3-7-13-19/h2,4-5,8-11,14-15,17,19,23H,3,6-7,12-13,16H2,1H3,(H,26,30)(H,27,29). The molecular weight excluding hydrogens is 422 g/mol. The van der Waals surface area contributed by atoms with Crippen LogP contribution in [0.3, 0.4) is 0 Å². The van der Waals surface area contributed by atoms with Crippen LogP contribution in [0.25, 0.3) is 0 Å². The SMILES string of the molecule is CC(NC(=O)C1Sc2ccccc2N(CC(=O)NC2CCCCC2)C1=O)c1ccccc1. The number of fused-ring (bicyclic) bond motifs is 1. The van der Waals surface area contributed by atoms with Crippen LogP contribution in [0.15, 0.2) is 59.5 Å². The number of nitrogens with one attached hydrogen (secondary N) is 2. The van der Waals surface area contributed by atoms with Gasteiger partial charge in [0.05, 0.1) is 11.7 Å². The number of hydrogen-bond acceptors (Lipinski definition) is 4. The zero-order chi connectivity index (χ0) is 22.5. The molecule has 0 spiro atoms. The molecule has 1 aliphatic carbocycles. The molecule has 2 aromatic carbocycles. The summed E-state index contributed by atoms with van der Waals surface area (Å²) in [4.78, 5) is 41.5. The molecule has 2 atom stereocenters. The molecule has 1 heterocycles. The average Bonchev–Trinajstić information content (AvgIpc) is 2.81. The molecule has 1 saturated carbocycles. The van der Waals surface area contributed by atoms with Crippen molar-refractivity contribution in [3.8, 4) is 0 Å². The molecule has 4 rings (SSSR count). The first-order valence-electron chi connectivity index (χ1n) is 11.2. The van der Waals surface area contributed by atoms with Gasteiger partial charge in [-0.2, -0.15) is 0 Å². The van der Waals surface area contributed by atoms with Crippen LogP contribution in [-0.2, 0) is 14.4 Å². The van der Waals surface area contributed by atoms with Gasteiger partial charge in [0, 0.05) is 10.9 Å². The van der Waals surface area contributed by atoms with Gasteiger partial charge in [-0.25, -0.2) is 0 Å². The van der Waals surface area contributed by atoms with Gasteiger partial charge in [-0.05, 0) is 37.5 Å². The smallest absolute Gasteiger partial charge is 0.250 e. The Balaban J connectivity index is 1.48. The molecular formula is C25H29N3O3S. The van der Waals surface area contributed by atoms with Gasteiger partial charge in [0.25, 0.3) is 5.91 Å². The fraction of sp³-hybridized carbons (Fsp3) is 0.400. The van der Waals surface area contributed by atoms with E-state index in [1.165, 1.54) is 23.1 Å². The number of thioether (sulfide) groups is 1. The molecule has 3 amide bonds. The lowest BCUT2D eigenvalue weighted by atomic mass is 9.95. The molecule has 168 valence electrons. The Kier molecular flexibility index (Phi) is 7.15. The maximum Gasteiger partial charge on any atom is 0.250 e. The van der Waals surface area contributed by atoms with E-state index >= 15 is 0 Å². The Morgan fingerprint density at radius 2 is 1.72 bits per heavy atom. The molecule has 2 aromatic rings. The van der Waals surface area contributed by atoms with E-state index in [2.05, 4.69) is 10.6 Å². The van der Waals surface area contributed by atoms with E-state index < -0.39 is 5.25 Å². The summed E-state index contributed by atoms with van der Waals surface area (Å²) >= 11 is 1.24. The molecule has 32 heavy (non-hydrogen) atoms. The first-order chi connectivity index (χ1) is 15.5. The van der Waals surface area contributed by atoms with E-state index in [-0.39, 0.29) is 36.3 Å². The molecule has 0 saturated heterocycles. The molecule has 1 aliphatic heterocycles. The number of benzene rings is 2. The third-order valence-electron chi connectivity index (χ3n) is 6.06. The minimum atomic E-state index is -0.932. The van der Waals surface area contributed by atoms with Gasteiger partial charge in [-0.1, -0.05) is 61.7 Å². The number of hydrogen-bond donors (Lipinski definition) is 2. The van der Waals surface area contributed by atoms with Gasteiger partial charge in [0.1, 0.15) is 6.54 Å². The quantitative estimate of drug-likeness (QED) is 0.655. The maximum atomic E-state index is 13.3. The number of carbonyl (C=O) groups is 3. The zero-order valence-corrected chi connectivity index (χ0v) is 19.1. The number of nitrogens with zero attached hydrogens (tertiary/aromatic N) is 1. The third-order valence-corrected chi connectivity index (χ3v) is 7.31. The van der Waals surface area contributed by atoms with Crippen molar-refractivity contribution >= 4 is 35.2 Å². The van der Waals surface area contributed by atoms with Gasteiger partial charge in [-0.3, -0.25) is 14.4 Å². The topological polar surface area (TPSA) is 78.5 Å². The van der Waals surface area contributed by atoms with E-state index in [1.54, 1.807) is 0 Å². The largest absolute Gasteiger partial charge is 0.352 e. The van der Waals surface area contributed by atoms with E-state index in [0.29, 0.717) is 5.69 Å². The van der Waals surface area contributed by atoms with Crippen molar-refractivity contribution in [1.29, 1.82) is 0 Å². The van der Waals surface area contributed by atoms with E-state index in [9.17, 15) is 14.4 Å². The predicted octanol–water partition coefficient (Wildman–Crippen LogP) is 3.82. The van der Waals surface area contributed by atoms with Gasteiger partial charge in [0.15, 0.2) is 5.25 Å². The Morgan fingerprint density at radius 1 is 1.03 bits per heavy atom. The lowest BCUT2D eigenvalue weighted by Gasteiger charge is -2.33. The maximum absolute atomic E-state index is 13.3. The zero-order valence-electron chi connectivity index (χ0n) is 18.3. The molecule has 0 aromatic heterocycles. The Morgan fingerprint density at radius 3 is 2.47 bits per heavy atom. The highest BCUT2D eigenvalue weighted by Crippen LogP contribution is 2.39. The number of carbonyl (C=O) groups excluding carboxylic acids is 3. The van der Waals surface area contributed by atoms with Crippen LogP contribution in [0.5, 0.6) is 0 Å². The van der Waals surface area contributed by atoms with Crippen LogP contribution in [0.2, 0.25) is 0 Å². The first-order valence-corrected chi connectivity index (χ1v) is 12.1. The number of anilines is 1. The van der Waals surface area contributed by atoms with E-state index in [1.807, 2.05) is 61.5 Å². The van der Waals surface area contributed by atoms with Crippen molar-refractivity contribution in [3.63, 3.8) is 0 Å². The van der Waals surface area contributed by atoms with Crippen LogP contribution in [0.1, 0.15) is 50.6 Å². The minimum absolute atomic E-state index is 0.0784. The molecule has 2 aliphatic rings. The predicted molar refractivity (Wildman–Crippen MR) is 126 cm³/mol. The van der Waals surface area contributed by atoms with Crippen molar-refractivity contribution in [2.75, 3.05) is 11.4 Å². The lowest BCUT2D eigenvalue weighted by molar-refractivity contribution is -0.129. The summed E-state index contributed by atoms with van der Waals surface area (Å²) in [7, 11) is 0. The second kappa shape index (κ2) is 10.2. The summed E-state index contributed by atoms with van der Waals surface area (Å²) in [6.07, 6.45) is 5.41. The summed E-state index contributed by atoms with van der Waals surface area (Å²) in [5.74, 6) is -0.877. The second-order valence-electron chi connectivity index (χ2n) is 8.43. The molecule has 1 fully saturated rings. The summed E-state index contributed by atoms with van der Waals surface area (Å²) in [5, 5.41) is 5.10. The molecule has 6 nitrogen and oxygen atoms in total. The molecule has 2 N–H and O–H groups in total. The number of amides is 3. The Hall–Kier alpha value is -2.80. The van der Waals surface area contributed by atoms with Gasteiger partial charge in [0.2, 0.25) is 11.8 Å². The highest BCUT2D eigenvalue weighted by Gasteiger charge is 2.39. The van der Waals surface area contributed by atoms with Crippen molar-refractivity contribution in [2.24, 2.45) is 0 Å². The van der Waals surface area contributed by atoms with E-state index in [4.69, 9.17) is 0 Å². The fourth-order valence-corrected chi connectivity index (χ4v) is 5.44. The van der Waals surface area contributed by atoms with Gasteiger partial charge >= 0.3 is 0 Å². The van der Waals surface area contributed by atoms with E-state index in [0.717, 1.165) is 36.1 Å². The molecule has 0 radical (unpaired) electrons. The van der Waals surface area contributed by atoms with Crippen LogP contribution in [-0.4, -0.2) is 35.6 Å².